The Morgan fingerprint density at radius 3 is 1.73 bits per heavy atom. The van der Waals surface area contributed by atoms with Crippen molar-refractivity contribution < 1.29 is 38.4 Å². The van der Waals surface area contributed by atoms with Gasteiger partial charge in [0.05, 0.1) is 30.3 Å². The Morgan fingerprint density at radius 1 is 0.603 bits per heavy atom. The highest BCUT2D eigenvalue weighted by Gasteiger charge is 2.34. The van der Waals surface area contributed by atoms with E-state index in [0.29, 0.717) is 41.6 Å². The van der Waals surface area contributed by atoms with Gasteiger partial charge in [0.15, 0.2) is 0 Å². The van der Waals surface area contributed by atoms with Crippen LogP contribution in [0.5, 0.6) is 23.0 Å². The molecule has 2 saturated carbocycles. The number of phenols is 1. The fourth-order valence-electron chi connectivity index (χ4n) is 9.55. The van der Waals surface area contributed by atoms with Gasteiger partial charge < -0.3 is 24.1 Å². The first-order chi connectivity index (χ1) is 30.0. The third kappa shape index (κ3) is 15.1. The molecule has 0 unspecified atom stereocenters. The summed E-state index contributed by atoms with van der Waals surface area (Å²) in [6.45, 7) is 17.3. The van der Waals surface area contributed by atoms with Crippen molar-refractivity contribution in [1.82, 2.24) is 0 Å². The maximum atomic E-state index is 13.1. The van der Waals surface area contributed by atoms with Crippen LogP contribution in [0.2, 0.25) is 0 Å². The summed E-state index contributed by atoms with van der Waals surface area (Å²) in [4.78, 5) is 39.1. The summed E-state index contributed by atoms with van der Waals surface area (Å²) in [7, 11) is 0. The number of hydrogen-bond donors (Lipinski definition) is 1. The number of ether oxygens (including phenoxy) is 4. The summed E-state index contributed by atoms with van der Waals surface area (Å²) < 4.78 is 23.1. The highest BCUT2D eigenvalue weighted by molar-refractivity contribution is 5.91. The number of phenolic OH excluding ortho intramolecular Hbond substituents is 1. The van der Waals surface area contributed by atoms with Crippen LogP contribution in [0, 0.1) is 30.6 Å². The molecule has 0 heterocycles. The van der Waals surface area contributed by atoms with Crippen LogP contribution in [0.4, 0.5) is 0 Å². The second-order valence-electron chi connectivity index (χ2n) is 20.7. The van der Waals surface area contributed by atoms with Crippen LogP contribution in [0.25, 0.3) is 0 Å². The van der Waals surface area contributed by atoms with Gasteiger partial charge in [-0.2, -0.15) is 0 Å². The van der Waals surface area contributed by atoms with Crippen LogP contribution in [-0.2, 0) is 20.4 Å². The summed E-state index contributed by atoms with van der Waals surface area (Å²) in [5, 5.41) is 11.0. The lowest BCUT2D eigenvalue weighted by Gasteiger charge is -2.37. The second kappa shape index (κ2) is 23.6. The largest absolute Gasteiger partial charge is 0.507 e. The van der Waals surface area contributed by atoms with Crippen LogP contribution in [-0.4, -0.2) is 36.2 Å². The average Bonchev–Trinajstić information content (AvgIpc) is 3.25. The van der Waals surface area contributed by atoms with Gasteiger partial charge in [-0.05, 0) is 147 Å². The van der Waals surface area contributed by atoms with E-state index in [-0.39, 0.29) is 34.4 Å². The van der Waals surface area contributed by atoms with Crippen LogP contribution in [0.3, 0.4) is 0 Å². The first kappa shape index (κ1) is 49.7. The molecule has 0 saturated heterocycles. The molecule has 8 nitrogen and oxygen atoms in total. The molecular weight excluding hydrogens is 789 g/mol. The predicted octanol–water partition coefficient (Wildman–Crippen LogP) is 14.2. The van der Waals surface area contributed by atoms with E-state index in [0.717, 1.165) is 98.7 Å². The number of aryl methyl sites for hydroxylation is 1. The maximum Gasteiger partial charge on any atom is 0.343 e. The van der Waals surface area contributed by atoms with E-state index >= 15 is 0 Å². The van der Waals surface area contributed by atoms with Gasteiger partial charge in [-0.25, -0.2) is 9.59 Å². The molecule has 5 rings (SSSR count). The van der Waals surface area contributed by atoms with E-state index < -0.39 is 5.97 Å². The van der Waals surface area contributed by atoms with Crippen LogP contribution in [0.15, 0.2) is 54.6 Å². The molecule has 0 spiro atoms. The number of carbonyl (C=O) groups excluding carboxylic acids is 3. The minimum absolute atomic E-state index is 0.0524. The number of unbranched alkanes of at least 4 members (excludes halogenated alkanes) is 7. The van der Waals surface area contributed by atoms with E-state index in [2.05, 4.69) is 6.92 Å². The lowest BCUT2D eigenvalue weighted by molar-refractivity contribution is -0.140. The van der Waals surface area contributed by atoms with Gasteiger partial charge in [-0.1, -0.05) is 113 Å². The molecule has 346 valence electrons. The van der Waals surface area contributed by atoms with Crippen LogP contribution >= 0.6 is 0 Å². The van der Waals surface area contributed by atoms with Crippen molar-refractivity contribution >= 4 is 17.9 Å². The zero-order chi connectivity index (χ0) is 45.6. The Bertz CT molecular complexity index is 1880. The van der Waals surface area contributed by atoms with E-state index in [9.17, 15) is 19.5 Å². The quantitative estimate of drug-likeness (QED) is 0.0679. The molecule has 1 N–H and O–H groups in total. The van der Waals surface area contributed by atoms with Gasteiger partial charge in [-0.15, -0.1) is 0 Å². The fraction of sp³-hybridized carbons (Fsp3) is 0.618. The SMILES string of the molecule is CCCCCC1CCC(C2CCC(C(=O)Oc3ccc(OC(=O)c4ccc(OCCCCCCCCOC(=O)c5cc(C(C)(C)C)c(O)c(C(C)(C)C)c5)cc4)c(C)c3)CC2)CC1. The number of hydrogen-bond acceptors (Lipinski definition) is 8. The van der Waals surface area contributed by atoms with Crippen molar-refractivity contribution in [3.8, 4) is 23.0 Å². The number of esters is 3. The number of aromatic hydroxyl groups is 1. The minimum atomic E-state index is -0.462. The highest BCUT2D eigenvalue weighted by atomic mass is 16.5. The van der Waals surface area contributed by atoms with Gasteiger partial charge >= 0.3 is 17.9 Å². The number of benzene rings is 3. The van der Waals surface area contributed by atoms with E-state index in [1.807, 2.05) is 48.5 Å². The highest BCUT2D eigenvalue weighted by Crippen LogP contribution is 2.43. The topological polar surface area (TPSA) is 108 Å². The fourth-order valence-corrected chi connectivity index (χ4v) is 9.55. The minimum Gasteiger partial charge on any atom is -0.507 e. The first-order valence-electron chi connectivity index (χ1n) is 24.4. The first-order valence-corrected chi connectivity index (χ1v) is 24.4. The summed E-state index contributed by atoms with van der Waals surface area (Å²) in [5.41, 5.74) is 2.50. The Labute approximate surface area is 379 Å². The number of rotatable bonds is 20. The monoisotopic (exact) mass is 867 g/mol. The van der Waals surface area contributed by atoms with E-state index in [1.54, 1.807) is 54.6 Å². The van der Waals surface area contributed by atoms with Gasteiger partial charge in [-0.3, -0.25) is 4.79 Å². The molecule has 2 aliphatic carbocycles. The zero-order valence-electron chi connectivity index (χ0n) is 40.0. The molecule has 8 heteroatoms. The van der Waals surface area contributed by atoms with Gasteiger partial charge in [0.1, 0.15) is 23.0 Å². The molecule has 63 heavy (non-hydrogen) atoms. The molecule has 2 fully saturated rings. The molecule has 0 atom stereocenters. The summed E-state index contributed by atoms with van der Waals surface area (Å²) in [6.07, 6.45) is 20.9. The van der Waals surface area contributed by atoms with Gasteiger partial charge in [0, 0.05) is 11.1 Å². The van der Waals surface area contributed by atoms with E-state index in [1.165, 1.54) is 51.4 Å². The van der Waals surface area contributed by atoms with Crippen molar-refractivity contribution in [3.63, 3.8) is 0 Å². The second-order valence-corrected chi connectivity index (χ2v) is 20.7. The number of carbonyl (C=O) groups is 3. The average molecular weight is 867 g/mol. The predicted molar refractivity (Wildman–Crippen MR) is 252 cm³/mol. The summed E-state index contributed by atoms with van der Waals surface area (Å²) in [6, 6.07) is 15.7. The molecular formula is C55H78O8. The Balaban J connectivity index is 0.933. The Kier molecular flexibility index (Phi) is 18.6. The molecule has 0 amide bonds. The molecule has 2 aliphatic rings. The molecule has 0 bridgehead atoms. The lowest BCUT2D eigenvalue weighted by Crippen LogP contribution is -2.30. The zero-order valence-corrected chi connectivity index (χ0v) is 40.0. The Hall–Kier alpha value is -4.33. The van der Waals surface area contributed by atoms with E-state index in [4.69, 9.17) is 18.9 Å². The van der Waals surface area contributed by atoms with Crippen LogP contribution < -0.4 is 14.2 Å². The van der Waals surface area contributed by atoms with Crippen molar-refractivity contribution in [1.29, 1.82) is 0 Å². The normalized spacial score (nSPS) is 19.3. The maximum absolute atomic E-state index is 13.1. The van der Waals surface area contributed by atoms with Crippen molar-refractivity contribution in [2.75, 3.05) is 13.2 Å². The van der Waals surface area contributed by atoms with Crippen molar-refractivity contribution in [3.05, 3.63) is 82.4 Å². The molecule has 3 aromatic carbocycles. The van der Waals surface area contributed by atoms with Gasteiger partial charge in [0.25, 0.3) is 0 Å². The lowest BCUT2D eigenvalue weighted by atomic mass is 9.68. The Morgan fingerprint density at radius 2 is 1.16 bits per heavy atom. The molecule has 3 aromatic rings. The smallest absolute Gasteiger partial charge is 0.343 e. The summed E-state index contributed by atoms with van der Waals surface area (Å²) >= 11 is 0. The van der Waals surface area contributed by atoms with Crippen LogP contribution in [0.1, 0.15) is 201 Å². The van der Waals surface area contributed by atoms with Crippen molar-refractivity contribution in [2.45, 2.75) is 182 Å². The molecule has 0 aliphatic heterocycles. The summed E-state index contributed by atoms with van der Waals surface area (Å²) in [5.74, 6) is 3.36. The molecule has 0 aromatic heterocycles. The molecule has 0 radical (unpaired) electrons. The third-order valence-corrected chi connectivity index (χ3v) is 13.5. The van der Waals surface area contributed by atoms with Gasteiger partial charge in [0.2, 0.25) is 0 Å². The standard InChI is InChI=1S/C55H78O8/c1-9-10-15-18-39-19-21-40(22-20-39)41-23-25-42(26-24-41)52(58)62-46-31-32-49(38(2)35-46)63-53(59)43-27-29-45(30-28-43)60-33-16-13-11-12-14-17-34-61-51(57)44-36-47(54(3,4)5)50(56)48(37-44)55(6,7)8/h27-32,35-37,39-42,56H,9-26,33-34H2,1-8H3. The van der Waals surface area contributed by atoms with Crippen molar-refractivity contribution in [2.24, 2.45) is 23.7 Å². The third-order valence-electron chi connectivity index (χ3n) is 13.5.